The second-order valence-corrected chi connectivity index (χ2v) is 4.92. The average Bonchev–Trinajstić information content (AvgIpc) is 3.05. The Balaban J connectivity index is 2.20. The van der Waals surface area contributed by atoms with Crippen molar-refractivity contribution in [2.24, 2.45) is 0 Å². The fraction of sp³-hybridized carbons (Fsp3) is 0.0714. The molecule has 0 saturated carbocycles. The highest BCUT2D eigenvalue weighted by Crippen LogP contribution is 2.26. The molecule has 0 aliphatic carbocycles. The van der Waals surface area contributed by atoms with E-state index in [2.05, 4.69) is 15.0 Å². The van der Waals surface area contributed by atoms with E-state index in [9.17, 15) is 14.7 Å². The Morgan fingerprint density at radius 3 is 2.81 bits per heavy atom. The van der Waals surface area contributed by atoms with E-state index in [-0.39, 0.29) is 17.9 Å². The van der Waals surface area contributed by atoms with Crippen molar-refractivity contribution in [1.29, 1.82) is 0 Å². The first-order valence-corrected chi connectivity index (χ1v) is 6.48. The molecule has 0 bridgehead atoms. The number of hydrogen-bond donors (Lipinski definition) is 2. The number of ketones is 1. The van der Waals surface area contributed by atoms with Gasteiger partial charge in [0.15, 0.2) is 5.82 Å². The van der Waals surface area contributed by atoms with Gasteiger partial charge >= 0.3 is 0 Å². The van der Waals surface area contributed by atoms with Gasteiger partial charge in [-0.3, -0.25) is 4.79 Å². The third-order valence-corrected chi connectivity index (χ3v) is 3.36. The lowest BCUT2D eigenvalue weighted by Crippen LogP contribution is -2.25. The summed E-state index contributed by atoms with van der Waals surface area (Å²) in [5, 5.41) is 12.1. The second kappa shape index (κ2) is 5.06. The molecule has 0 saturated heterocycles. The van der Waals surface area contributed by atoms with Crippen LogP contribution in [0.1, 0.15) is 21.9 Å². The number of halogens is 1. The Morgan fingerprint density at radius 2 is 2.14 bits per heavy atom. The number of carboxylic acids is 1. The van der Waals surface area contributed by atoms with E-state index in [1.807, 2.05) is 0 Å². The third kappa shape index (κ3) is 2.41. The van der Waals surface area contributed by atoms with Crippen LogP contribution in [0, 0.1) is 0 Å². The molecule has 2 N–H and O–H groups in total. The summed E-state index contributed by atoms with van der Waals surface area (Å²) in [6.07, 6.45) is 2.60. The number of nitrogens with zero attached hydrogens (tertiary/aromatic N) is 1. The van der Waals surface area contributed by atoms with E-state index >= 15 is 0 Å². The first-order chi connectivity index (χ1) is 10.1. The Morgan fingerprint density at radius 1 is 1.33 bits per heavy atom. The highest BCUT2D eigenvalue weighted by Gasteiger charge is 2.20. The molecule has 0 amide bonds. The highest BCUT2D eigenvalue weighted by molar-refractivity contribution is 6.31. The molecule has 0 aliphatic heterocycles. The highest BCUT2D eigenvalue weighted by atomic mass is 35.5. The van der Waals surface area contributed by atoms with Crippen LogP contribution in [0.5, 0.6) is 0 Å². The SMILES string of the molecule is O=C([O-])Cc1c(C(=O)c2ncc[nH]2)[nH]c2cc(Cl)ccc12. The molecule has 21 heavy (non-hydrogen) atoms. The van der Waals surface area contributed by atoms with E-state index in [1.165, 1.54) is 12.4 Å². The summed E-state index contributed by atoms with van der Waals surface area (Å²) < 4.78 is 0. The normalized spacial score (nSPS) is 10.9. The largest absolute Gasteiger partial charge is 0.550 e. The molecule has 7 heteroatoms. The van der Waals surface area contributed by atoms with Gasteiger partial charge in [0.1, 0.15) is 0 Å². The number of aromatic nitrogens is 3. The lowest BCUT2D eigenvalue weighted by Gasteiger charge is -2.04. The predicted molar refractivity (Wildman–Crippen MR) is 74.0 cm³/mol. The molecular formula is C14H9ClN3O3-. The van der Waals surface area contributed by atoms with Crippen LogP contribution in [-0.2, 0) is 11.2 Å². The predicted octanol–water partition coefficient (Wildman–Crippen LogP) is 1.07. The summed E-state index contributed by atoms with van der Waals surface area (Å²) in [5.41, 5.74) is 1.13. The van der Waals surface area contributed by atoms with Crippen molar-refractivity contribution in [3.8, 4) is 0 Å². The van der Waals surface area contributed by atoms with Gasteiger partial charge in [-0.2, -0.15) is 0 Å². The average molecular weight is 303 g/mol. The second-order valence-electron chi connectivity index (χ2n) is 4.48. The molecule has 0 radical (unpaired) electrons. The molecule has 2 heterocycles. The summed E-state index contributed by atoms with van der Waals surface area (Å²) in [6.45, 7) is 0. The van der Waals surface area contributed by atoms with Gasteiger partial charge in [-0.25, -0.2) is 4.98 Å². The topological polar surface area (TPSA) is 102 Å². The van der Waals surface area contributed by atoms with E-state index in [0.717, 1.165) is 0 Å². The van der Waals surface area contributed by atoms with Crippen LogP contribution in [0.15, 0.2) is 30.6 Å². The first kappa shape index (κ1) is 13.4. The molecule has 0 fully saturated rings. The Kier molecular flexibility index (Phi) is 3.23. The molecule has 0 spiro atoms. The van der Waals surface area contributed by atoms with Crippen LogP contribution in [0.2, 0.25) is 5.02 Å². The van der Waals surface area contributed by atoms with Crippen molar-refractivity contribution in [3.63, 3.8) is 0 Å². The quantitative estimate of drug-likeness (QED) is 0.704. The number of H-pyrrole nitrogens is 2. The Labute approximate surface area is 123 Å². The van der Waals surface area contributed by atoms with E-state index in [4.69, 9.17) is 11.6 Å². The van der Waals surface area contributed by atoms with Gasteiger partial charge in [0.2, 0.25) is 5.78 Å². The monoisotopic (exact) mass is 302 g/mol. The summed E-state index contributed by atoms with van der Waals surface area (Å²) >= 11 is 5.91. The molecule has 0 atom stereocenters. The Hall–Kier alpha value is -2.60. The fourth-order valence-corrected chi connectivity index (χ4v) is 2.43. The minimum atomic E-state index is -1.26. The van der Waals surface area contributed by atoms with Gasteiger partial charge in [-0.1, -0.05) is 17.7 Å². The molecule has 0 unspecified atom stereocenters. The van der Waals surface area contributed by atoms with E-state index in [1.54, 1.807) is 18.2 Å². The minimum absolute atomic E-state index is 0.132. The zero-order chi connectivity index (χ0) is 15.0. The molecular weight excluding hydrogens is 294 g/mol. The van der Waals surface area contributed by atoms with Crippen LogP contribution in [0.25, 0.3) is 10.9 Å². The number of benzene rings is 1. The standard InChI is InChI=1S/C14H10ClN3O3/c15-7-1-2-8-9(6-11(19)20)12(18-10(8)5-7)13(21)14-16-3-4-17-14/h1-5,18H,6H2,(H,16,17)(H,19,20)/p-1. The van der Waals surface area contributed by atoms with Crippen molar-refractivity contribution in [3.05, 3.63) is 52.7 Å². The summed E-state index contributed by atoms with van der Waals surface area (Å²) in [6, 6.07) is 4.94. The maximum Gasteiger partial charge on any atom is 0.244 e. The molecule has 1 aromatic carbocycles. The lowest BCUT2D eigenvalue weighted by molar-refractivity contribution is -0.304. The molecule has 3 rings (SSSR count). The van der Waals surface area contributed by atoms with Crippen LogP contribution < -0.4 is 5.11 Å². The van der Waals surface area contributed by atoms with Gasteiger partial charge in [-0.05, 0) is 17.7 Å². The maximum absolute atomic E-state index is 12.4. The number of hydrogen-bond acceptors (Lipinski definition) is 4. The summed E-state index contributed by atoms with van der Waals surface area (Å²) in [4.78, 5) is 32.8. The zero-order valence-corrected chi connectivity index (χ0v) is 11.4. The number of carbonyl (C=O) groups excluding carboxylic acids is 2. The maximum atomic E-state index is 12.4. The van der Waals surface area contributed by atoms with Crippen molar-refractivity contribution in [1.82, 2.24) is 15.0 Å². The van der Waals surface area contributed by atoms with E-state index < -0.39 is 11.8 Å². The lowest BCUT2D eigenvalue weighted by atomic mass is 10.1. The number of aliphatic carboxylic acids is 1. The van der Waals surface area contributed by atoms with Gasteiger partial charge in [-0.15, -0.1) is 0 Å². The number of rotatable bonds is 4. The number of carboxylic acid groups (broad SMARTS) is 1. The number of fused-ring (bicyclic) bond motifs is 1. The molecule has 106 valence electrons. The minimum Gasteiger partial charge on any atom is -0.550 e. The molecule has 3 aromatic rings. The smallest absolute Gasteiger partial charge is 0.244 e. The number of aromatic amines is 2. The summed E-state index contributed by atoms with van der Waals surface area (Å²) in [5.74, 6) is -1.55. The fourth-order valence-electron chi connectivity index (χ4n) is 2.26. The van der Waals surface area contributed by atoms with Gasteiger partial charge in [0, 0.05) is 40.7 Å². The number of nitrogens with one attached hydrogen (secondary N) is 2. The van der Waals surface area contributed by atoms with Crippen LogP contribution >= 0.6 is 11.6 Å². The van der Waals surface area contributed by atoms with Crippen LogP contribution in [0.3, 0.4) is 0 Å². The van der Waals surface area contributed by atoms with Crippen molar-refractivity contribution in [2.75, 3.05) is 0 Å². The summed E-state index contributed by atoms with van der Waals surface area (Å²) in [7, 11) is 0. The third-order valence-electron chi connectivity index (χ3n) is 3.13. The van der Waals surface area contributed by atoms with Gasteiger partial charge < -0.3 is 19.9 Å². The number of carbonyl (C=O) groups is 2. The van der Waals surface area contributed by atoms with Gasteiger partial charge in [0.05, 0.1) is 5.69 Å². The number of imidazole rings is 1. The molecule has 6 nitrogen and oxygen atoms in total. The first-order valence-electron chi connectivity index (χ1n) is 6.10. The van der Waals surface area contributed by atoms with Gasteiger partial charge in [0.25, 0.3) is 0 Å². The van der Waals surface area contributed by atoms with Crippen LogP contribution in [0.4, 0.5) is 0 Å². The molecule has 0 aliphatic rings. The van der Waals surface area contributed by atoms with E-state index in [0.29, 0.717) is 21.5 Å². The Bertz CT molecular complexity index is 837. The zero-order valence-electron chi connectivity index (χ0n) is 10.6. The van der Waals surface area contributed by atoms with Crippen LogP contribution in [-0.4, -0.2) is 26.7 Å². The molecule has 2 aromatic heterocycles. The van der Waals surface area contributed by atoms with Crippen molar-refractivity contribution in [2.45, 2.75) is 6.42 Å². The van der Waals surface area contributed by atoms with Crippen molar-refractivity contribution < 1.29 is 14.7 Å². The van der Waals surface area contributed by atoms with Crippen molar-refractivity contribution >= 4 is 34.3 Å².